The molecule has 2 rings (SSSR count). The van der Waals surface area contributed by atoms with Crippen molar-refractivity contribution in [2.45, 2.75) is 50.9 Å². The molecule has 1 aromatic rings. The van der Waals surface area contributed by atoms with Crippen LogP contribution < -0.4 is 0 Å². The van der Waals surface area contributed by atoms with E-state index in [0.29, 0.717) is 0 Å². The third kappa shape index (κ3) is 1.75. The topological polar surface area (TPSA) is 55.1 Å². The summed E-state index contributed by atoms with van der Waals surface area (Å²) in [7, 11) is 1.84. The molecule has 17 heavy (non-hydrogen) atoms. The molecule has 1 fully saturated rings. The third-order valence-electron chi connectivity index (χ3n) is 3.76. The zero-order chi connectivity index (χ0) is 12.8. The predicted octanol–water partition coefficient (Wildman–Crippen LogP) is 2.22. The summed E-state index contributed by atoms with van der Waals surface area (Å²) in [5.74, 6) is -0.716. The van der Waals surface area contributed by atoms with E-state index in [1.807, 2.05) is 13.1 Å². The Kier molecular flexibility index (Phi) is 2.56. The second-order valence-electron chi connectivity index (χ2n) is 6.03. The van der Waals surface area contributed by atoms with E-state index in [0.717, 1.165) is 30.7 Å². The van der Waals surface area contributed by atoms with E-state index in [1.165, 1.54) is 0 Å². The number of aliphatic carboxylic acids is 1. The first-order valence-electron chi connectivity index (χ1n) is 6.06. The maximum absolute atomic E-state index is 11.5. The fourth-order valence-electron chi connectivity index (χ4n) is 2.39. The molecule has 4 nitrogen and oxygen atoms in total. The van der Waals surface area contributed by atoms with Gasteiger partial charge in [0.2, 0.25) is 0 Å². The van der Waals surface area contributed by atoms with Crippen molar-refractivity contribution < 1.29 is 9.90 Å². The zero-order valence-corrected chi connectivity index (χ0v) is 10.9. The maximum Gasteiger partial charge on any atom is 0.315 e. The van der Waals surface area contributed by atoms with Gasteiger partial charge in [0.15, 0.2) is 0 Å². The Labute approximate surface area is 102 Å². The number of hydrogen-bond donors (Lipinski definition) is 1. The molecule has 1 aliphatic carbocycles. The average molecular weight is 236 g/mol. The molecule has 0 amide bonds. The number of carboxylic acids is 1. The summed E-state index contributed by atoms with van der Waals surface area (Å²) in [5, 5.41) is 13.9. The molecule has 0 bridgehead atoms. The van der Waals surface area contributed by atoms with Crippen molar-refractivity contribution in [3.05, 3.63) is 17.5 Å². The summed E-state index contributed by atoms with van der Waals surface area (Å²) in [6, 6.07) is 1.97. The largest absolute Gasteiger partial charge is 0.481 e. The highest BCUT2D eigenvalue weighted by atomic mass is 16.4. The van der Waals surface area contributed by atoms with Gasteiger partial charge in [-0.1, -0.05) is 27.2 Å². The van der Waals surface area contributed by atoms with E-state index < -0.39 is 11.4 Å². The minimum absolute atomic E-state index is 0.0422. The van der Waals surface area contributed by atoms with Crippen LogP contribution in [0.5, 0.6) is 0 Å². The smallest absolute Gasteiger partial charge is 0.315 e. The highest BCUT2D eigenvalue weighted by Crippen LogP contribution is 2.44. The van der Waals surface area contributed by atoms with Gasteiger partial charge < -0.3 is 5.11 Å². The van der Waals surface area contributed by atoms with Crippen LogP contribution >= 0.6 is 0 Å². The average Bonchev–Trinajstić information content (AvgIpc) is 2.45. The van der Waals surface area contributed by atoms with Gasteiger partial charge in [-0.2, -0.15) is 5.10 Å². The molecule has 1 N–H and O–H groups in total. The SMILES string of the molecule is Cn1nc(C(C)(C)C)cc1C1(C(=O)O)CCC1. The molecule has 1 saturated carbocycles. The first-order chi connectivity index (χ1) is 7.77. The fourth-order valence-corrected chi connectivity index (χ4v) is 2.39. The maximum atomic E-state index is 11.5. The summed E-state index contributed by atoms with van der Waals surface area (Å²) < 4.78 is 1.74. The Bertz CT molecular complexity index is 450. The molecule has 0 unspecified atom stereocenters. The van der Waals surface area contributed by atoms with Gasteiger partial charge in [-0.15, -0.1) is 0 Å². The molecule has 0 atom stereocenters. The van der Waals surface area contributed by atoms with Gasteiger partial charge in [0, 0.05) is 12.5 Å². The van der Waals surface area contributed by atoms with Crippen molar-refractivity contribution in [3.8, 4) is 0 Å². The van der Waals surface area contributed by atoms with Gasteiger partial charge >= 0.3 is 5.97 Å². The zero-order valence-electron chi connectivity index (χ0n) is 10.9. The Morgan fingerprint density at radius 1 is 1.47 bits per heavy atom. The van der Waals surface area contributed by atoms with Crippen LogP contribution in [0.3, 0.4) is 0 Å². The van der Waals surface area contributed by atoms with Crippen molar-refractivity contribution in [1.82, 2.24) is 9.78 Å². The summed E-state index contributed by atoms with van der Waals surface area (Å²) in [6.45, 7) is 6.27. The van der Waals surface area contributed by atoms with E-state index in [2.05, 4.69) is 25.9 Å². The summed E-state index contributed by atoms with van der Waals surface area (Å²) >= 11 is 0. The summed E-state index contributed by atoms with van der Waals surface area (Å²) in [6.07, 6.45) is 2.44. The minimum Gasteiger partial charge on any atom is -0.481 e. The number of aryl methyl sites for hydroxylation is 1. The Hall–Kier alpha value is -1.32. The second-order valence-corrected chi connectivity index (χ2v) is 6.03. The standard InChI is InChI=1S/C13H20N2O2/c1-12(2,3)9-8-10(15(4)14-9)13(11(16)17)6-5-7-13/h8H,5-7H2,1-4H3,(H,16,17). The first kappa shape index (κ1) is 12.1. The van der Waals surface area contributed by atoms with Crippen molar-refractivity contribution in [1.29, 1.82) is 0 Å². The lowest BCUT2D eigenvalue weighted by Gasteiger charge is -2.37. The van der Waals surface area contributed by atoms with Crippen molar-refractivity contribution in [2.24, 2.45) is 7.05 Å². The van der Waals surface area contributed by atoms with Crippen molar-refractivity contribution in [3.63, 3.8) is 0 Å². The molecule has 1 aliphatic rings. The molecule has 0 saturated heterocycles. The fraction of sp³-hybridized carbons (Fsp3) is 0.692. The van der Waals surface area contributed by atoms with E-state index in [-0.39, 0.29) is 5.41 Å². The van der Waals surface area contributed by atoms with Crippen LogP contribution in [-0.2, 0) is 22.7 Å². The Morgan fingerprint density at radius 2 is 2.06 bits per heavy atom. The van der Waals surface area contributed by atoms with Crippen LogP contribution in [0.25, 0.3) is 0 Å². The molecular weight excluding hydrogens is 216 g/mol. The van der Waals surface area contributed by atoms with E-state index >= 15 is 0 Å². The molecular formula is C13H20N2O2. The highest BCUT2D eigenvalue weighted by molar-refractivity contribution is 5.82. The molecule has 0 aromatic carbocycles. The van der Waals surface area contributed by atoms with Crippen LogP contribution in [0.15, 0.2) is 6.07 Å². The quantitative estimate of drug-likeness (QED) is 0.856. The highest BCUT2D eigenvalue weighted by Gasteiger charge is 2.48. The van der Waals surface area contributed by atoms with E-state index in [1.54, 1.807) is 4.68 Å². The van der Waals surface area contributed by atoms with Crippen molar-refractivity contribution >= 4 is 5.97 Å². The van der Waals surface area contributed by atoms with Crippen LogP contribution in [-0.4, -0.2) is 20.9 Å². The molecule has 94 valence electrons. The molecule has 4 heteroatoms. The van der Waals surface area contributed by atoms with Crippen LogP contribution in [0.4, 0.5) is 0 Å². The lowest BCUT2D eigenvalue weighted by Crippen LogP contribution is -2.43. The number of carbonyl (C=O) groups is 1. The van der Waals surface area contributed by atoms with Crippen LogP contribution in [0, 0.1) is 0 Å². The molecule has 1 heterocycles. The molecule has 0 radical (unpaired) electrons. The number of carboxylic acid groups (broad SMARTS) is 1. The third-order valence-corrected chi connectivity index (χ3v) is 3.76. The van der Waals surface area contributed by atoms with Gasteiger partial charge in [-0.3, -0.25) is 9.48 Å². The molecule has 0 aliphatic heterocycles. The molecule has 0 spiro atoms. The van der Waals surface area contributed by atoms with E-state index in [9.17, 15) is 9.90 Å². The second kappa shape index (κ2) is 3.59. The number of rotatable bonds is 2. The lowest BCUT2D eigenvalue weighted by molar-refractivity contribution is -0.147. The van der Waals surface area contributed by atoms with Gasteiger partial charge in [0.25, 0.3) is 0 Å². The van der Waals surface area contributed by atoms with Gasteiger partial charge in [-0.25, -0.2) is 0 Å². The first-order valence-corrected chi connectivity index (χ1v) is 6.06. The van der Waals surface area contributed by atoms with Gasteiger partial charge in [0.1, 0.15) is 5.41 Å². The Balaban J connectivity index is 2.46. The van der Waals surface area contributed by atoms with Gasteiger partial charge in [-0.05, 0) is 18.9 Å². The predicted molar refractivity (Wildman–Crippen MR) is 65.1 cm³/mol. The number of hydrogen-bond acceptors (Lipinski definition) is 2. The van der Waals surface area contributed by atoms with Crippen LogP contribution in [0.2, 0.25) is 0 Å². The normalized spacial score (nSPS) is 18.8. The van der Waals surface area contributed by atoms with E-state index in [4.69, 9.17) is 0 Å². The van der Waals surface area contributed by atoms with Gasteiger partial charge in [0.05, 0.1) is 11.4 Å². The Morgan fingerprint density at radius 3 is 2.35 bits per heavy atom. The monoisotopic (exact) mass is 236 g/mol. The molecule has 1 aromatic heterocycles. The summed E-state index contributed by atoms with van der Waals surface area (Å²) in [5.41, 5.74) is 1.08. The minimum atomic E-state index is -0.716. The van der Waals surface area contributed by atoms with Crippen LogP contribution in [0.1, 0.15) is 51.4 Å². The number of aromatic nitrogens is 2. The van der Waals surface area contributed by atoms with Crippen molar-refractivity contribution in [2.75, 3.05) is 0 Å². The number of nitrogens with zero attached hydrogens (tertiary/aromatic N) is 2. The summed E-state index contributed by atoms with van der Waals surface area (Å²) in [4.78, 5) is 11.5. The lowest BCUT2D eigenvalue weighted by atomic mass is 9.66.